The van der Waals surface area contributed by atoms with Gasteiger partial charge in [-0.2, -0.15) is 0 Å². The fourth-order valence-electron chi connectivity index (χ4n) is 6.19. The van der Waals surface area contributed by atoms with Gasteiger partial charge in [-0.05, 0) is 43.2 Å². The standard InChI is InChI=1S/C34H53N5O7/c1-22(2)18-26-33(44)39-20-24(40)19-27(39)34(45)38(5)30(23(3)4)32(43)36-17-13-9-7-6-8-12-16-35-29(41)21-46-28-15-11-10-14-25(28)31(42)37-26/h10-11,14-15,22-24,26-27,30,40H,6-9,12-13,16-21H2,1-5H3,(H,35,41)(H,36,43)(H,37,42)/t24-,26+,27+,30-/m0/s1. The largest absolute Gasteiger partial charge is 0.483 e. The quantitative estimate of drug-likeness (QED) is 0.394. The summed E-state index contributed by atoms with van der Waals surface area (Å²) in [6, 6.07) is 3.78. The molecule has 0 radical (unpaired) electrons. The molecule has 0 spiro atoms. The number of aliphatic hydroxyl groups is 1. The van der Waals surface area contributed by atoms with Gasteiger partial charge >= 0.3 is 0 Å². The van der Waals surface area contributed by atoms with Crippen LogP contribution in [0.15, 0.2) is 24.3 Å². The van der Waals surface area contributed by atoms with Crippen molar-refractivity contribution in [3.05, 3.63) is 29.8 Å². The van der Waals surface area contributed by atoms with E-state index in [1.807, 2.05) is 27.7 Å². The number of ether oxygens (including phenoxy) is 1. The van der Waals surface area contributed by atoms with Crippen molar-refractivity contribution in [1.29, 1.82) is 0 Å². The zero-order valence-electron chi connectivity index (χ0n) is 28.0. The number of nitrogens with zero attached hydrogens (tertiary/aromatic N) is 2. The molecular formula is C34H53N5O7. The zero-order chi connectivity index (χ0) is 33.8. The van der Waals surface area contributed by atoms with Crippen LogP contribution >= 0.6 is 0 Å². The van der Waals surface area contributed by atoms with Crippen molar-refractivity contribution in [2.45, 2.75) is 103 Å². The number of likely N-dealkylation sites (N-methyl/N-ethyl adjacent to an activating group) is 1. The number of benzene rings is 1. The summed E-state index contributed by atoms with van der Waals surface area (Å²) >= 11 is 0. The van der Waals surface area contributed by atoms with Crippen molar-refractivity contribution in [2.24, 2.45) is 11.8 Å². The first-order valence-electron chi connectivity index (χ1n) is 16.7. The summed E-state index contributed by atoms with van der Waals surface area (Å²) in [5.41, 5.74) is 0.169. The van der Waals surface area contributed by atoms with Gasteiger partial charge in [-0.1, -0.05) is 65.5 Å². The second-order valence-electron chi connectivity index (χ2n) is 13.2. The molecule has 0 aromatic heterocycles. The van der Waals surface area contributed by atoms with Crippen LogP contribution in [-0.2, 0) is 19.2 Å². The van der Waals surface area contributed by atoms with Gasteiger partial charge in [0.2, 0.25) is 17.7 Å². The summed E-state index contributed by atoms with van der Waals surface area (Å²) in [4.78, 5) is 69.9. The lowest BCUT2D eigenvalue weighted by Gasteiger charge is -2.35. The van der Waals surface area contributed by atoms with Gasteiger partial charge in [0.05, 0.1) is 11.7 Å². The second-order valence-corrected chi connectivity index (χ2v) is 13.2. The van der Waals surface area contributed by atoms with Crippen LogP contribution < -0.4 is 20.7 Å². The Labute approximate surface area is 273 Å². The molecule has 1 aromatic carbocycles. The maximum absolute atomic E-state index is 14.0. The van der Waals surface area contributed by atoms with Gasteiger partial charge in [-0.3, -0.25) is 24.0 Å². The molecular weight excluding hydrogens is 590 g/mol. The highest BCUT2D eigenvalue weighted by atomic mass is 16.5. The number of carbonyl (C=O) groups excluding carboxylic acids is 5. The van der Waals surface area contributed by atoms with E-state index >= 15 is 0 Å². The summed E-state index contributed by atoms with van der Waals surface area (Å²) in [6.07, 6.45) is 4.95. The number of nitrogens with one attached hydrogen (secondary N) is 3. The molecule has 4 N–H and O–H groups in total. The molecule has 256 valence electrons. The van der Waals surface area contributed by atoms with E-state index in [1.165, 1.54) is 9.80 Å². The minimum atomic E-state index is -0.992. The van der Waals surface area contributed by atoms with E-state index in [2.05, 4.69) is 16.0 Å². The van der Waals surface area contributed by atoms with Crippen LogP contribution in [0.4, 0.5) is 0 Å². The molecule has 4 atom stereocenters. The van der Waals surface area contributed by atoms with Gasteiger partial charge in [0.1, 0.15) is 23.9 Å². The average Bonchev–Trinajstić information content (AvgIpc) is 3.40. The average molecular weight is 644 g/mol. The number of fused-ring (bicyclic) bond motifs is 2. The van der Waals surface area contributed by atoms with Crippen LogP contribution in [0.1, 0.15) is 89.4 Å². The Balaban J connectivity index is 1.90. The van der Waals surface area contributed by atoms with E-state index in [1.54, 1.807) is 31.3 Å². The molecule has 0 aliphatic carbocycles. The molecule has 1 saturated heterocycles. The third kappa shape index (κ3) is 10.4. The smallest absolute Gasteiger partial charge is 0.257 e. The predicted molar refractivity (Wildman–Crippen MR) is 174 cm³/mol. The fourth-order valence-corrected chi connectivity index (χ4v) is 6.19. The minimum Gasteiger partial charge on any atom is -0.483 e. The van der Waals surface area contributed by atoms with Crippen molar-refractivity contribution in [3.8, 4) is 5.75 Å². The number of amides is 5. The second kappa shape index (κ2) is 17.9. The van der Waals surface area contributed by atoms with Crippen molar-refractivity contribution in [3.63, 3.8) is 0 Å². The summed E-state index contributed by atoms with van der Waals surface area (Å²) in [6.45, 7) is 8.27. The minimum absolute atomic E-state index is 0.0128. The van der Waals surface area contributed by atoms with E-state index < -0.39 is 42.0 Å². The summed E-state index contributed by atoms with van der Waals surface area (Å²) in [5.74, 6) is -2.00. The van der Waals surface area contributed by atoms with Gasteiger partial charge in [0.15, 0.2) is 6.61 Å². The molecule has 12 nitrogen and oxygen atoms in total. The lowest BCUT2D eigenvalue weighted by Crippen LogP contribution is -2.57. The van der Waals surface area contributed by atoms with Crippen molar-refractivity contribution in [1.82, 2.24) is 25.8 Å². The Morgan fingerprint density at radius 3 is 2.17 bits per heavy atom. The van der Waals surface area contributed by atoms with Crippen molar-refractivity contribution >= 4 is 29.5 Å². The van der Waals surface area contributed by atoms with Crippen LogP contribution in [0.3, 0.4) is 0 Å². The lowest BCUT2D eigenvalue weighted by molar-refractivity contribution is -0.148. The van der Waals surface area contributed by atoms with Crippen molar-refractivity contribution < 1.29 is 33.8 Å². The predicted octanol–water partition coefficient (Wildman–Crippen LogP) is 2.24. The Hall–Kier alpha value is -3.67. The first kappa shape index (κ1) is 36.8. The van der Waals surface area contributed by atoms with Gasteiger partial charge in [0.25, 0.3) is 11.8 Å². The SMILES string of the molecule is CC(C)C[C@H]1NC(=O)c2ccccc2OCC(=O)NCCCCCCCCNC(=O)[C@H](C(C)C)N(C)C(=O)[C@H]2C[C@H](O)CN2C1=O. The first-order valence-corrected chi connectivity index (χ1v) is 16.7. The maximum Gasteiger partial charge on any atom is 0.257 e. The molecule has 2 aliphatic heterocycles. The number of hydrogen-bond donors (Lipinski definition) is 4. The lowest BCUT2D eigenvalue weighted by atomic mass is 9.99. The van der Waals surface area contributed by atoms with E-state index in [-0.39, 0.29) is 61.0 Å². The Morgan fingerprint density at radius 2 is 1.52 bits per heavy atom. The van der Waals surface area contributed by atoms with Gasteiger partial charge in [-0.15, -0.1) is 0 Å². The van der Waals surface area contributed by atoms with Crippen LogP contribution in [0.5, 0.6) is 5.75 Å². The number of rotatable bonds is 3. The van der Waals surface area contributed by atoms with E-state index in [0.717, 1.165) is 38.5 Å². The Morgan fingerprint density at radius 1 is 0.891 bits per heavy atom. The summed E-state index contributed by atoms with van der Waals surface area (Å²) in [5, 5.41) is 19.3. The van der Waals surface area contributed by atoms with Crippen LogP contribution in [0.2, 0.25) is 0 Å². The van der Waals surface area contributed by atoms with Crippen LogP contribution in [0, 0.1) is 11.8 Å². The monoisotopic (exact) mass is 643 g/mol. The first-order chi connectivity index (χ1) is 21.9. The third-order valence-electron chi connectivity index (χ3n) is 8.54. The normalized spacial score (nSPS) is 25.5. The zero-order valence-corrected chi connectivity index (χ0v) is 28.0. The molecule has 2 aliphatic rings. The fraction of sp³-hybridized carbons (Fsp3) is 0.676. The summed E-state index contributed by atoms with van der Waals surface area (Å²) in [7, 11) is 1.57. The molecule has 46 heavy (non-hydrogen) atoms. The number of aliphatic hydroxyl groups excluding tert-OH is 1. The molecule has 0 unspecified atom stereocenters. The molecule has 12 heteroatoms. The maximum atomic E-state index is 14.0. The molecule has 2 heterocycles. The molecule has 0 saturated carbocycles. The van der Waals surface area contributed by atoms with Gasteiger partial charge in [0, 0.05) is 33.1 Å². The van der Waals surface area contributed by atoms with E-state index in [0.29, 0.717) is 13.1 Å². The molecule has 3 rings (SSSR count). The molecule has 1 fully saturated rings. The molecule has 0 bridgehead atoms. The number of para-hydroxylation sites is 1. The van der Waals surface area contributed by atoms with Crippen LogP contribution in [-0.4, -0.2) is 102 Å². The van der Waals surface area contributed by atoms with E-state index in [9.17, 15) is 29.1 Å². The highest BCUT2D eigenvalue weighted by Crippen LogP contribution is 2.25. The Bertz CT molecular complexity index is 1210. The highest BCUT2D eigenvalue weighted by molar-refractivity contribution is 6.00. The topological polar surface area (TPSA) is 157 Å². The molecule has 5 amide bonds. The van der Waals surface area contributed by atoms with Crippen molar-refractivity contribution in [2.75, 3.05) is 33.3 Å². The highest BCUT2D eigenvalue weighted by Gasteiger charge is 2.44. The van der Waals surface area contributed by atoms with E-state index in [4.69, 9.17) is 4.74 Å². The number of carbonyl (C=O) groups is 5. The molecule has 1 aromatic rings. The van der Waals surface area contributed by atoms with Gasteiger partial charge < -0.3 is 35.6 Å². The number of hydrogen-bond acceptors (Lipinski definition) is 7. The van der Waals surface area contributed by atoms with Crippen LogP contribution in [0.25, 0.3) is 0 Å². The van der Waals surface area contributed by atoms with Gasteiger partial charge in [-0.25, -0.2) is 0 Å². The summed E-state index contributed by atoms with van der Waals surface area (Å²) < 4.78 is 5.73. The third-order valence-corrected chi connectivity index (χ3v) is 8.54. The Kier molecular flexibility index (Phi) is 14.3.